The first kappa shape index (κ1) is 13.1. The molecule has 4 nitrogen and oxygen atoms in total. The van der Waals surface area contributed by atoms with Gasteiger partial charge in [-0.05, 0) is 11.6 Å². The van der Waals surface area contributed by atoms with E-state index in [1.165, 1.54) is 7.11 Å². The lowest BCUT2D eigenvalue weighted by Gasteiger charge is -2.14. The van der Waals surface area contributed by atoms with Gasteiger partial charge in [0.25, 0.3) is 0 Å². The number of hydrogen-bond acceptors (Lipinski definition) is 3. The number of methoxy groups -OCH3 is 1. The van der Waals surface area contributed by atoms with Crippen LogP contribution in [0.15, 0.2) is 12.1 Å². The first-order valence-corrected chi connectivity index (χ1v) is 5.23. The van der Waals surface area contributed by atoms with Crippen molar-refractivity contribution in [2.75, 3.05) is 13.7 Å². The molecule has 0 aliphatic rings. The largest absolute Gasteiger partial charge is 0.495 e. The number of carbonyl (C=O) groups is 1. The Morgan fingerprint density at radius 1 is 1.50 bits per heavy atom. The lowest BCUT2D eigenvalue weighted by atomic mass is 9.99. The van der Waals surface area contributed by atoms with Crippen LogP contribution in [0.25, 0.3) is 0 Å². The molecule has 0 bridgehead atoms. The quantitative estimate of drug-likeness (QED) is 0.873. The number of carboxylic acids is 1. The van der Waals surface area contributed by atoms with Gasteiger partial charge < -0.3 is 15.6 Å². The van der Waals surface area contributed by atoms with Gasteiger partial charge >= 0.3 is 5.97 Å². The average Bonchev–Trinajstić information content (AvgIpc) is 2.25. The molecule has 0 aromatic heterocycles. The lowest BCUT2D eigenvalue weighted by Crippen LogP contribution is -2.21. The molecule has 1 rings (SSSR count). The van der Waals surface area contributed by atoms with E-state index in [4.69, 9.17) is 38.8 Å². The number of ether oxygens (including phenoxy) is 1. The zero-order chi connectivity index (χ0) is 12.3. The Hall–Kier alpha value is -0.970. The Morgan fingerprint density at radius 2 is 2.12 bits per heavy atom. The van der Waals surface area contributed by atoms with E-state index in [1.807, 2.05) is 0 Å². The van der Waals surface area contributed by atoms with Gasteiger partial charge in [-0.2, -0.15) is 0 Å². The van der Waals surface area contributed by atoms with Crippen molar-refractivity contribution in [3.05, 3.63) is 27.7 Å². The molecule has 1 unspecified atom stereocenters. The van der Waals surface area contributed by atoms with Gasteiger partial charge in [0, 0.05) is 6.54 Å². The fourth-order valence-corrected chi connectivity index (χ4v) is 1.87. The SMILES string of the molecule is COc1ccc(C(CN)C(=O)O)c(Cl)c1Cl. The van der Waals surface area contributed by atoms with Gasteiger partial charge in [-0.15, -0.1) is 0 Å². The van der Waals surface area contributed by atoms with Crippen molar-refractivity contribution in [1.82, 2.24) is 0 Å². The third-order valence-corrected chi connectivity index (χ3v) is 3.09. The van der Waals surface area contributed by atoms with Crippen molar-refractivity contribution in [2.24, 2.45) is 5.73 Å². The lowest BCUT2D eigenvalue weighted by molar-refractivity contribution is -0.138. The zero-order valence-corrected chi connectivity index (χ0v) is 10.0. The van der Waals surface area contributed by atoms with Gasteiger partial charge in [0.2, 0.25) is 0 Å². The van der Waals surface area contributed by atoms with Gasteiger partial charge in [0.15, 0.2) is 0 Å². The highest BCUT2D eigenvalue weighted by atomic mass is 35.5. The zero-order valence-electron chi connectivity index (χ0n) is 8.54. The maximum atomic E-state index is 10.9. The summed E-state index contributed by atoms with van der Waals surface area (Å²) in [5.74, 6) is -1.50. The maximum absolute atomic E-state index is 10.9. The molecule has 88 valence electrons. The summed E-state index contributed by atoms with van der Waals surface area (Å²) in [5, 5.41) is 9.32. The van der Waals surface area contributed by atoms with Gasteiger partial charge in [0.05, 0.1) is 18.1 Å². The average molecular weight is 264 g/mol. The first-order valence-electron chi connectivity index (χ1n) is 4.47. The number of nitrogens with two attached hydrogens (primary N) is 1. The van der Waals surface area contributed by atoms with E-state index in [1.54, 1.807) is 12.1 Å². The highest BCUT2D eigenvalue weighted by Gasteiger charge is 2.23. The van der Waals surface area contributed by atoms with Crippen LogP contribution >= 0.6 is 23.2 Å². The van der Waals surface area contributed by atoms with E-state index >= 15 is 0 Å². The second-order valence-electron chi connectivity index (χ2n) is 3.11. The number of carboxylic acid groups (broad SMARTS) is 1. The Bertz CT molecular complexity index is 409. The van der Waals surface area contributed by atoms with Crippen LogP contribution in [0.4, 0.5) is 0 Å². The summed E-state index contributed by atoms with van der Waals surface area (Å²) in [7, 11) is 1.45. The number of hydrogen-bond donors (Lipinski definition) is 2. The number of benzene rings is 1. The molecule has 1 aromatic rings. The second kappa shape index (κ2) is 5.39. The van der Waals surface area contributed by atoms with Gasteiger partial charge in [0.1, 0.15) is 10.8 Å². The molecule has 0 aliphatic heterocycles. The summed E-state index contributed by atoms with van der Waals surface area (Å²) in [6.07, 6.45) is 0. The molecular formula is C10H11Cl2NO3. The summed E-state index contributed by atoms with van der Waals surface area (Å²) < 4.78 is 4.96. The highest BCUT2D eigenvalue weighted by Crippen LogP contribution is 2.37. The van der Waals surface area contributed by atoms with Crippen LogP contribution in [-0.2, 0) is 4.79 Å². The molecule has 0 heterocycles. The van der Waals surface area contributed by atoms with Crippen LogP contribution in [0.1, 0.15) is 11.5 Å². The fourth-order valence-electron chi connectivity index (χ4n) is 1.33. The van der Waals surface area contributed by atoms with E-state index < -0.39 is 11.9 Å². The molecule has 0 saturated heterocycles. The smallest absolute Gasteiger partial charge is 0.312 e. The predicted octanol–water partition coefficient (Wildman–Crippen LogP) is 2.13. The summed E-state index contributed by atoms with van der Waals surface area (Å²) in [6, 6.07) is 3.12. The number of aliphatic carboxylic acids is 1. The minimum absolute atomic E-state index is 0.0439. The van der Waals surface area contributed by atoms with E-state index in [2.05, 4.69) is 0 Å². The molecule has 0 fully saturated rings. The van der Waals surface area contributed by atoms with Crippen LogP contribution in [0.5, 0.6) is 5.75 Å². The van der Waals surface area contributed by atoms with E-state index in [0.717, 1.165) is 0 Å². The normalized spacial score (nSPS) is 12.2. The van der Waals surface area contributed by atoms with Crippen molar-refractivity contribution in [3.8, 4) is 5.75 Å². The van der Waals surface area contributed by atoms with E-state index in [0.29, 0.717) is 11.3 Å². The number of rotatable bonds is 4. The first-order chi connectivity index (χ1) is 7.52. The monoisotopic (exact) mass is 263 g/mol. The van der Waals surface area contributed by atoms with Gasteiger partial charge in [-0.25, -0.2) is 0 Å². The topological polar surface area (TPSA) is 72.5 Å². The van der Waals surface area contributed by atoms with Gasteiger partial charge in [-0.3, -0.25) is 4.79 Å². The molecule has 16 heavy (non-hydrogen) atoms. The molecular weight excluding hydrogens is 253 g/mol. The predicted molar refractivity (Wildman–Crippen MR) is 62.4 cm³/mol. The van der Waals surface area contributed by atoms with Crippen molar-refractivity contribution < 1.29 is 14.6 Å². The van der Waals surface area contributed by atoms with Crippen LogP contribution in [0.3, 0.4) is 0 Å². The van der Waals surface area contributed by atoms with E-state index in [-0.39, 0.29) is 16.6 Å². The van der Waals surface area contributed by atoms with Gasteiger partial charge in [-0.1, -0.05) is 29.3 Å². The molecule has 3 N–H and O–H groups in total. The highest BCUT2D eigenvalue weighted by molar-refractivity contribution is 6.43. The van der Waals surface area contributed by atoms with Crippen LogP contribution in [-0.4, -0.2) is 24.7 Å². The molecule has 0 spiro atoms. The second-order valence-corrected chi connectivity index (χ2v) is 3.87. The summed E-state index contributed by atoms with van der Waals surface area (Å²) in [5.41, 5.74) is 5.77. The van der Waals surface area contributed by atoms with Crippen molar-refractivity contribution in [3.63, 3.8) is 0 Å². The third-order valence-electron chi connectivity index (χ3n) is 2.21. The van der Waals surface area contributed by atoms with Crippen LogP contribution in [0.2, 0.25) is 10.0 Å². The summed E-state index contributed by atoms with van der Waals surface area (Å²) >= 11 is 11.9. The fraction of sp³-hybridized carbons (Fsp3) is 0.300. The Labute approximate surface area is 103 Å². The van der Waals surface area contributed by atoms with E-state index in [9.17, 15) is 4.79 Å². The molecule has 0 radical (unpaired) electrons. The molecule has 1 atom stereocenters. The summed E-state index contributed by atoms with van der Waals surface area (Å²) in [6.45, 7) is -0.0439. The summed E-state index contributed by atoms with van der Waals surface area (Å²) in [4.78, 5) is 10.9. The molecule has 6 heteroatoms. The van der Waals surface area contributed by atoms with Crippen molar-refractivity contribution in [2.45, 2.75) is 5.92 Å². The minimum Gasteiger partial charge on any atom is -0.495 e. The molecule has 1 aromatic carbocycles. The minimum atomic E-state index is -1.04. The Morgan fingerprint density at radius 3 is 2.56 bits per heavy atom. The standard InChI is InChI=1S/C10H11Cl2NO3/c1-16-7-3-2-5(8(11)9(7)12)6(4-13)10(14)15/h2-3,6H,4,13H2,1H3,(H,14,15). The van der Waals surface area contributed by atoms with Crippen molar-refractivity contribution in [1.29, 1.82) is 0 Å². The Kier molecular flexibility index (Phi) is 4.41. The van der Waals surface area contributed by atoms with Crippen LogP contribution < -0.4 is 10.5 Å². The van der Waals surface area contributed by atoms with Crippen molar-refractivity contribution >= 4 is 29.2 Å². The van der Waals surface area contributed by atoms with Crippen LogP contribution in [0, 0.1) is 0 Å². The molecule has 0 amide bonds. The molecule has 0 saturated carbocycles. The maximum Gasteiger partial charge on any atom is 0.312 e. The molecule has 0 aliphatic carbocycles. The Balaban J connectivity index is 3.25. The number of halogens is 2. The third kappa shape index (κ3) is 2.40.